The van der Waals surface area contributed by atoms with Crippen LogP contribution in [0.4, 0.5) is 0 Å². The van der Waals surface area contributed by atoms with Crippen LogP contribution in [0.2, 0.25) is 0 Å². The highest BCUT2D eigenvalue weighted by atomic mass is 35.5. The molecule has 8 heteroatoms. The van der Waals surface area contributed by atoms with Crippen LogP contribution in [-0.4, -0.2) is 40.6 Å². The molecule has 1 unspecified atom stereocenters. The Balaban J connectivity index is 0.00000264. The fraction of sp³-hybridized carbons (Fsp3) is 0.533. The highest BCUT2D eigenvalue weighted by Crippen LogP contribution is 2.13. The molecule has 0 saturated carbocycles. The van der Waals surface area contributed by atoms with Gasteiger partial charge in [0.25, 0.3) is 0 Å². The minimum absolute atomic E-state index is 0. The molecule has 2 N–H and O–H groups in total. The Morgan fingerprint density at radius 3 is 2.61 bits per heavy atom. The van der Waals surface area contributed by atoms with Gasteiger partial charge in [-0.15, -0.1) is 12.4 Å². The van der Waals surface area contributed by atoms with Crippen molar-refractivity contribution in [3.05, 3.63) is 29.8 Å². The standard InChI is InChI=1S/C15H22N2O4S.ClH/c1-2-21-15(18)13-5-7-14(8-6-13)22(19,20)17-11-12-4-3-9-16-10-12;/h5-8,12,16-17H,2-4,9-11H2,1H3;1H. The van der Waals surface area contributed by atoms with Gasteiger partial charge in [0.1, 0.15) is 0 Å². The first-order chi connectivity index (χ1) is 10.5. The SMILES string of the molecule is CCOC(=O)c1ccc(S(=O)(=O)NCC2CCCNC2)cc1.Cl. The topological polar surface area (TPSA) is 84.5 Å². The van der Waals surface area contributed by atoms with Crippen molar-refractivity contribution >= 4 is 28.4 Å². The van der Waals surface area contributed by atoms with E-state index in [-0.39, 0.29) is 23.9 Å². The Labute approximate surface area is 143 Å². The Kier molecular flexibility index (Phi) is 7.98. The maximum atomic E-state index is 12.2. The third kappa shape index (κ3) is 5.76. The van der Waals surface area contributed by atoms with Gasteiger partial charge in [-0.3, -0.25) is 0 Å². The molecule has 6 nitrogen and oxygen atoms in total. The highest BCUT2D eigenvalue weighted by Gasteiger charge is 2.19. The summed E-state index contributed by atoms with van der Waals surface area (Å²) in [4.78, 5) is 11.7. The van der Waals surface area contributed by atoms with Crippen LogP contribution in [0.1, 0.15) is 30.1 Å². The summed E-state index contributed by atoms with van der Waals surface area (Å²) in [5, 5.41) is 3.26. The number of carbonyl (C=O) groups is 1. The Morgan fingerprint density at radius 1 is 1.35 bits per heavy atom. The van der Waals surface area contributed by atoms with Crippen LogP contribution >= 0.6 is 12.4 Å². The van der Waals surface area contributed by atoms with Gasteiger partial charge in [0.05, 0.1) is 17.1 Å². The number of sulfonamides is 1. The van der Waals surface area contributed by atoms with Crippen molar-refractivity contribution in [2.24, 2.45) is 5.92 Å². The molecule has 130 valence electrons. The van der Waals surface area contributed by atoms with Crippen LogP contribution in [0.15, 0.2) is 29.2 Å². The summed E-state index contributed by atoms with van der Waals surface area (Å²) in [5.74, 6) is -0.130. The second-order valence-electron chi connectivity index (χ2n) is 5.31. The predicted octanol–water partition coefficient (Wildman–Crippen LogP) is 1.56. The number of halogens is 1. The molecule has 0 aliphatic carbocycles. The molecule has 2 rings (SSSR count). The van der Waals surface area contributed by atoms with E-state index in [9.17, 15) is 13.2 Å². The summed E-state index contributed by atoms with van der Waals surface area (Å²) >= 11 is 0. The molecule has 1 saturated heterocycles. The lowest BCUT2D eigenvalue weighted by molar-refractivity contribution is 0.0526. The number of rotatable bonds is 6. The van der Waals surface area contributed by atoms with Gasteiger partial charge in [-0.2, -0.15) is 0 Å². The van der Waals surface area contributed by atoms with E-state index in [1.54, 1.807) is 6.92 Å². The van der Waals surface area contributed by atoms with E-state index >= 15 is 0 Å². The third-order valence-electron chi connectivity index (χ3n) is 3.64. The fourth-order valence-electron chi connectivity index (χ4n) is 2.39. The van der Waals surface area contributed by atoms with Crippen LogP contribution in [0.25, 0.3) is 0 Å². The maximum absolute atomic E-state index is 12.2. The zero-order valence-corrected chi connectivity index (χ0v) is 14.7. The minimum Gasteiger partial charge on any atom is -0.462 e. The van der Waals surface area contributed by atoms with Crippen molar-refractivity contribution in [3.63, 3.8) is 0 Å². The summed E-state index contributed by atoms with van der Waals surface area (Å²) in [7, 11) is -3.54. The number of hydrogen-bond acceptors (Lipinski definition) is 5. The Morgan fingerprint density at radius 2 is 2.04 bits per heavy atom. The maximum Gasteiger partial charge on any atom is 0.338 e. The van der Waals surface area contributed by atoms with E-state index in [2.05, 4.69) is 10.0 Å². The molecule has 1 heterocycles. The number of ether oxygens (including phenoxy) is 1. The highest BCUT2D eigenvalue weighted by molar-refractivity contribution is 7.89. The average molecular weight is 363 g/mol. The van der Waals surface area contributed by atoms with Gasteiger partial charge >= 0.3 is 5.97 Å². The van der Waals surface area contributed by atoms with E-state index < -0.39 is 16.0 Å². The monoisotopic (exact) mass is 362 g/mol. The van der Waals surface area contributed by atoms with Gasteiger partial charge in [0.2, 0.25) is 10.0 Å². The molecular formula is C15H23ClN2O4S. The van der Waals surface area contributed by atoms with Crippen LogP contribution in [-0.2, 0) is 14.8 Å². The molecule has 23 heavy (non-hydrogen) atoms. The van der Waals surface area contributed by atoms with Crippen molar-refractivity contribution < 1.29 is 17.9 Å². The quantitative estimate of drug-likeness (QED) is 0.750. The molecule has 0 aromatic heterocycles. The first-order valence-electron chi connectivity index (χ1n) is 7.50. The van der Waals surface area contributed by atoms with E-state index in [1.807, 2.05) is 0 Å². The normalized spacial score (nSPS) is 18.0. The molecule has 1 atom stereocenters. The molecule has 0 bridgehead atoms. The third-order valence-corrected chi connectivity index (χ3v) is 5.08. The molecule has 1 fully saturated rings. The number of benzene rings is 1. The lowest BCUT2D eigenvalue weighted by atomic mass is 10.0. The van der Waals surface area contributed by atoms with Crippen molar-refractivity contribution in [1.29, 1.82) is 0 Å². The minimum atomic E-state index is -3.54. The first kappa shape index (κ1) is 19.9. The van der Waals surface area contributed by atoms with E-state index in [1.165, 1.54) is 24.3 Å². The number of hydrogen-bond donors (Lipinski definition) is 2. The summed E-state index contributed by atoms with van der Waals surface area (Å²) in [6, 6.07) is 5.78. The van der Waals surface area contributed by atoms with E-state index in [4.69, 9.17) is 4.74 Å². The summed E-state index contributed by atoms with van der Waals surface area (Å²) < 4.78 is 32.0. The molecule has 0 radical (unpaired) electrons. The van der Waals surface area contributed by atoms with Gasteiger partial charge in [-0.25, -0.2) is 17.9 Å². The molecule has 1 aliphatic heterocycles. The Bertz CT molecular complexity index is 598. The molecule has 1 aliphatic rings. The first-order valence-corrected chi connectivity index (χ1v) is 8.99. The van der Waals surface area contributed by atoms with Gasteiger partial charge < -0.3 is 10.1 Å². The lowest BCUT2D eigenvalue weighted by Crippen LogP contribution is -2.38. The van der Waals surface area contributed by atoms with Crippen molar-refractivity contribution in [3.8, 4) is 0 Å². The molecule has 0 amide bonds. The predicted molar refractivity (Wildman–Crippen MR) is 90.4 cm³/mol. The zero-order valence-electron chi connectivity index (χ0n) is 13.1. The smallest absolute Gasteiger partial charge is 0.338 e. The molecule has 0 spiro atoms. The molecular weight excluding hydrogens is 340 g/mol. The Hall–Kier alpha value is -1.15. The van der Waals surface area contributed by atoms with Crippen molar-refractivity contribution in [2.45, 2.75) is 24.7 Å². The second-order valence-corrected chi connectivity index (χ2v) is 7.08. The number of piperidine rings is 1. The summed E-state index contributed by atoms with van der Waals surface area (Å²) in [6.45, 7) is 4.27. The molecule has 1 aromatic rings. The number of esters is 1. The largest absolute Gasteiger partial charge is 0.462 e. The van der Waals surface area contributed by atoms with Crippen LogP contribution in [0.5, 0.6) is 0 Å². The average Bonchev–Trinajstić information content (AvgIpc) is 2.54. The van der Waals surface area contributed by atoms with E-state index in [0.29, 0.717) is 18.0 Å². The van der Waals surface area contributed by atoms with Crippen LogP contribution < -0.4 is 10.0 Å². The van der Waals surface area contributed by atoms with Gasteiger partial charge in [0.15, 0.2) is 0 Å². The lowest BCUT2D eigenvalue weighted by Gasteiger charge is -2.22. The molecule has 1 aromatic carbocycles. The van der Waals surface area contributed by atoms with Crippen molar-refractivity contribution in [2.75, 3.05) is 26.2 Å². The summed E-state index contributed by atoms with van der Waals surface area (Å²) in [6.07, 6.45) is 2.10. The number of nitrogens with one attached hydrogen (secondary N) is 2. The van der Waals surface area contributed by atoms with E-state index in [0.717, 1.165) is 25.9 Å². The fourth-order valence-corrected chi connectivity index (χ4v) is 3.51. The second kappa shape index (κ2) is 9.22. The van der Waals surface area contributed by atoms with Gasteiger partial charge in [-0.05, 0) is 63.0 Å². The summed E-state index contributed by atoms with van der Waals surface area (Å²) in [5.41, 5.74) is 0.345. The van der Waals surface area contributed by atoms with Crippen molar-refractivity contribution in [1.82, 2.24) is 10.0 Å². The van der Waals surface area contributed by atoms with Crippen LogP contribution in [0.3, 0.4) is 0 Å². The zero-order chi connectivity index (χ0) is 16.0. The number of carbonyl (C=O) groups excluding carboxylic acids is 1. The van der Waals surface area contributed by atoms with Gasteiger partial charge in [0, 0.05) is 6.54 Å². The van der Waals surface area contributed by atoms with Gasteiger partial charge in [-0.1, -0.05) is 0 Å². The van der Waals surface area contributed by atoms with Crippen LogP contribution in [0, 0.1) is 5.92 Å².